The third-order valence-corrected chi connectivity index (χ3v) is 5.62. The van der Waals surface area contributed by atoms with Crippen LogP contribution in [0.2, 0.25) is 0 Å². The first kappa shape index (κ1) is 14.8. The Morgan fingerprint density at radius 1 is 1.29 bits per heavy atom. The Morgan fingerprint density at radius 3 is 2.86 bits per heavy atom. The minimum absolute atomic E-state index is 0.0810. The molecule has 0 bridgehead atoms. The van der Waals surface area contributed by atoms with Crippen molar-refractivity contribution in [2.45, 2.75) is 64.5 Å². The van der Waals surface area contributed by atoms with Gasteiger partial charge in [-0.15, -0.1) is 11.3 Å². The maximum atomic E-state index is 6.42. The molecule has 0 radical (unpaired) electrons. The Hall–Kier alpha value is -1.13. The van der Waals surface area contributed by atoms with Crippen molar-refractivity contribution >= 4 is 11.3 Å². The minimum atomic E-state index is 0.0810. The highest BCUT2D eigenvalue weighted by Crippen LogP contribution is 2.32. The first-order valence-electron chi connectivity index (χ1n) is 8.04. The topological polar surface area (TPSA) is 43.8 Å². The average Bonchev–Trinajstić information content (AvgIpc) is 3.01. The normalized spacial score (nSPS) is 16.8. The van der Waals surface area contributed by atoms with E-state index in [1.165, 1.54) is 37.0 Å². The zero-order valence-electron chi connectivity index (χ0n) is 13.0. The highest BCUT2D eigenvalue weighted by Gasteiger charge is 2.17. The second-order valence-electron chi connectivity index (χ2n) is 6.35. The lowest BCUT2D eigenvalue weighted by Crippen LogP contribution is -2.13. The fraction of sp³-hybridized carbons (Fsp3) is 0.588. The van der Waals surface area contributed by atoms with E-state index in [4.69, 9.17) is 5.73 Å². The van der Waals surface area contributed by atoms with Gasteiger partial charge in [-0.1, -0.05) is 6.42 Å². The van der Waals surface area contributed by atoms with Crippen LogP contribution in [-0.4, -0.2) is 9.78 Å². The summed E-state index contributed by atoms with van der Waals surface area (Å²) in [7, 11) is 0. The number of aromatic nitrogens is 2. The second-order valence-corrected chi connectivity index (χ2v) is 7.52. The van der Waals surface area contributed by atoms with Crippen molar-refractivity contribution in [1.29, 1.82) is 0 Å². The molecule has 3 rings (SSSR count). The molecule has 21 heavy (non-hydrogen) atoms. The molecule has 0 amide bonds. The molecule has 0 aromatic carbocycles. The number of aryl methyl sites for hydroxylation is 2. The molecular formula is C17H25N3S. The summed E-state index contributed by atoms with van der Waals surface area (Å²) in [4.78, 5) is 2.91. The SMILES string of the molecule is CC(C)n1ccc(CC(N)c2cc3c(s2)CCCCC3)n1. The molecule has 0 aliphatic heterocycles. The van der Waals surface area contributed by atoms with Crippen LogP contribution in [0.3, 0.4) is 0 Å². The van der Waals surface area contributed by atoms with Gasteiger partial charge in [-0.25, -0.2) is 0 Å². The van der Waals surface area contributed by atoms with E-state index in [2.05, 4.69) is 37.3 Å². The molecule has 2 aromatic heterocycles. The molecule has 114 valence electrons. The van der Waals surface area contributed by atoms with E-state index >= 15 is 0 Å². The second kappa shape index (κ2) is 6.32. The van der Waals surface area contributed by atoms with Gasteiger partial charge in [0.25, 0.3) is 0 Å². The van der Waals surface area contributed by atoms with Gasteiger partial charge in [0.05, 0.1) is 5.69 Å². The number of nitrogens with two attached hydrogens (primary N) is 1. The highest BCUT2D eigenvalue weighted by molar-refractivity contribution is 7.12. The molecule has 1 atom stereocenters. The van der Waals surface area contributed by atoms with Gasteiger partial charge >= 0.3 is 0 Å². The summed E-state index contributed by atoms with van der Waals surface area (Å²) in [6.45, 7) is 4.29. The number of hydrogen-bond acceptors (Lipinski definition) is 3. The van der Waals surface area contributed by atoms with Crippen molar-refractivity contribution in [3.63, 3.8) is 0 Å². The van der Waals surface area contributed by atoms with E-state index in [0.717, 1.165) is 12.1 Å². The quantitative estimate of drug-likeness (QED) is 0.866. The molecule has 1 aliphatic rings. The van der Waals surface area contributed by atoms with E-state index in [0.29, 0.717) is 6.04 Å². The van der Waals surface area contributed by atoms with Crippen LogP contribution in [0.15, 0.2) is 18.3 Å². The van der Waals surface area contributed by atoms with Gasteiger partial charge in [0.2, 0.25) is 0 Å². The van der Waals surface area contributed by atoms with Gasteiger partial charge in [-0.3, -0.25) is 4.68 Å². The molecule has 2 N–H and O–H groups in total. The average molecular weight is 303 g/mol. The van der Waals surface area contributed by atoms with Gasteiger partial charge in [0.15, 0.2) is 0 Å². The lowest BCUT2D eigenvalue weighted by atomic mass is 10.1. The summed E-state index contributed by atoms with van der Waals surface area (Å²) in [6, 6.07) is 4.94. The molecule has 0 spiro atoms. The van der Waals surface area contributed by atoms with Crippen molar-refractivity contribution in [3.05, 3.63) is 39.3 Å². The molecule has 1 unspecified atom stereocenters. The zero-order valence-corrected chi connectivity index (χ0v) is 13.8. The smallest absolute Gasteiger partial charge is 0.0643 e. The highest BCUT2D eigenvalue weighted by atomic mass is 32.1. The summed E-state index contributed by atoms with van der Waals surface area (Å²) in [5.41, 5.74) is 9.07. The third kappa shape index (κ3) is 3.38. The van der Waals surface area contributed by atoms with Crippen LogP contribution in [0.5, 0.6) is 0 Å². The van der Waals surface area contributed by atoms with Crippen molar-refractivity contribution in [1.82, 2.24) is 9.78 Å². The van der Waals surface area contributed by atoms with Crippen LogP contribution in [-0.2, 0) is 19.3 Å². The largest absolute Gasteiger partial charge is 0.323 e. The lowest BCUT2D eigenvalue weighted by molar-refractivity contribution is 0.523. The van der Waals surface area contributed by atoms with Gasteiger partial charge in [0.1, 0.15) is 0 Å². The summed E-state index contributed by atoms with van der Waals surface area (Å²) >= 11 is 1.93. The summed E-state index contributed by atoms with van der Waals surface area (Å²) in [5.74, 6) is 0. The Kier molecular flexibility index (Phi) is 4.45. The van der Waals surface area contributed by atoms with Gasteiger partial charge in [0, 0.05) is 34.5 Å². The predicted molar refractivity (Wildman–Crippen MR) is 88.8 cm³/mol. The minimum Gasteiger partial charge on any atom is -0.323 e. The van der Waals surface area contributed by atoms with E-state index in [1.54, 1.807) is 10.4 Å². The van der Waals surface area contributed by atoms with E-state index in [9.17, 15) is 0 Å². The fourth-order valence-electron chi connectivity index (χ4n) is 2.97. The third-order valence-electron chi connectivity index (χ3n) is 4.25. The Morgan fingerprint density at radius 2 is 2.10 bits per heavy atom. The molecule has 3 nitrogen and oxygen atoms in total. The first-order chi connectivity index (χ1) is 10.1. The Labute approximate surface area is 131 Å². The molecule has 2 heterocycles. The number of hydrogen-bond donors (Lipinski definition) is 1. The van der Waals surface area contributed by atoms with Crippen molar-refractivity contribution in [2.24, 2.45) is 5.73 Å². The number of nitrogens with zero attached hydrogens (tertiary/aromatic N) is 2. The molecule has 1 aliphatic carbocycles. The first-order valence-corrected chi connectivity index (χ1v) is 8.86. The van der Waals surface area contributed by atoms with Crippen LogP contribution < -0.4 is 5.73 Å². The predicted octanol–water partition coefficient (Wildman–Crippen LogP) is 4.04. The van der Waals surface area contributed by atoms with Crippen LogP contribution in [0.4, 0.5) is 0 Å². The zero-order chi connectivity index (χ0) is 14.8. The summed E-state index contributed by atoms with van der Waals surface area (Å²) < 4.78 is 2.01. The summed E-state index contributed by atoms with van der Waals surface area (Å²) in [5, 5.41) is 4.61. The molecule has 2 aromatic rings. The maximum absolute atomic E-state index is 6.42. The van der Waals surface area contributed by atoms with E-state index < -0.39 is 0 Å². The lowest BCUT2D eigenvalue weighted by Gasteiger charge is -2.08. The van der Waals surface area contributed by atoms with Gasteiger partial charge in [-0.2, -0.15) is 5.10 Å². The molecule has 4 heteroatoms. The van der Waals surface area contributed by atoms with Crippen LogP contribution >= 0.6 is 11.3 Å². The van der Waals surface area contributed by atoms with Crippen molar-refractivity contribution in [2.75, 3.05) is 0 Å². The van der Waals surface area contributed by atoms with Gasteiger partial charge in [-0.05, 0) is 57.2 Å². The number of rotatable bonds is 4. The van der Waals surface area contributed by atoms with E-state index in [-0.39, 0.29) is 6.04 Å². The molecular weight excluding hydrogens is 278 g/mol. The number of thiophene rings is 1. The monoisotopic (exact) mass is 303 g/mol. The van der Waals surface area contributed by atoms with Crippen LogP contribution in [0, 0.1) is 0 Å². The van der Waals surface area contributed by atoms with Gasteiger partial charge < -0.3 is 5.73 Å². The van der Waals surface area contributed by atoms with Crippen LogP contribution in [0.25, 0.3) is 0 Å². The Bertz CT molecular complexity index is 573. The molecule has 0 saturated carbocycles. The molecule has 0 saturated heterocycles. The number of fused-ring (bicyclic) bond motifs is 1. The Balaban J connectivity index is 1.71. The standard InChI is InChI=1S/C17H25N3S/c1-12(2)20-9-8-14(19-20)11-15(18)17-10-13-6-4-3-5-7-16(13)21-17/h8-10,12,15H,3-7,11,18H2,1-2H3. The van der Waals surface area contributed by atoms with E-state index in [1.807, 2.05) is 16.0 Å². The van der Waals surface area contributed by atoms with Crippen molar-refractivity contribution < 1.29 is 0 Å². The van der Waals surface area contributed by atoms with Crippen LogP contribution in [0.1, 0.15) is 66.2 Å². The fourth-order valence-corrected chi connectivity index (χ4v) is 4.23. The maximum Gasteiger partial charge on any atom is 0.0643 e. The molecule has 0 fully saturated rings. The summed E-state index contributed by atoms with van der Waals surface area (Å²) in [6.07, 6.45) is 9.40. The van der Waals surface area contributed by atoms with Crippen molar-refractivity contribution in [3.8, 4) is 0 Å².